The third kappa shape index (κ3) is 4.10. The van der Waals surface area contributed by atoms with Crippen molar-refractivity contribution in [2.24, 2.45) is 11.0 Å². The predicted octanol–water partition coefficient (Wildman–Crippen LogP) is 4.67. The number of rotatable bonds is 6. The van der Waals surface area contributed by atoms with E-state index in [9.17, 15) is 14.9 Å². The smallest absolute Gasteiger partial charge is 0.269 e. The largest absolute Gasteiger partial charge is 0.273 e. The van der Waals surface area contributed by atoms with E-state index in [0.29, 0.717) is 5.56 Å². The van der Waals surface area contributed by atoms with Crippen molar-refractivity contribution in [3.8, 4) is 0 Å². The van der Waals surface area contributed by atoms with Gasteiger partial charge in [0.05, 0.1) is 17.1 Å². The van der Waals surface area contributed by atoms with Crippen LogP contribution in [0.25, 0.3) is 0 Å². The number of nitro benzene ring substituents is 1. The Labute approximate surface area is 180 Å². The molecule has 0 heterocycles. The second-order valence-electron chi connectivity index (χ2n) is 8.05. The van der Waals surface area contributed by atoms with Gasteiger partial charge in [-0.15, -0.1) is 0 Å². The molecule has 3 aromatic carbocycles. The number of hydrogen-bond donors (Lipinski definition) is 1. The summed E-state index contributed by atoms with van der Waals surface area (Å²) in [5, 5.41) is 14.8. The maximum Gasteiger partial charge on any atom is 0.269 e. The lowest BCUT2D eigenvalue weighted by Crippen LogP contribution is -2.25. The minimum absolute atomic E-state index is 0.0141. The summed E-state index contributed by atoms with van der Waals surface area (Å²) in [6.45, 7) is 4.11. The zero-order valence-corrected chi connectivity index (χ0v) is 17.4. The molecule has 1 aliphatic carbocycles. The van der Waals surface area contributed by atoms with Crippen LogP contribution in [0.4, 0.5) is 5.69 Å². The Hall–Kier alpha value is -3.80. The summed E-state index contributed by atoms with van der Waals surface area (Å²) in [7, 11) is 0. The van der Waals surface area contributed by atoms with Crippen LogP contribution >= 0.6 is 0 Å². The highest BCUT2D eigenvalue weighted by Crippen LogP contribution is 2.59. The van der Waals surface area contributed by atoms with Crippen molar-refractivity contribution in [2.45, 2.75) is 25.7 Å². The number of nitro groups is 1. The second-order valence-corrected chi connectivity index (χ2v) is 8.05. The van der Waals surface area contributed by atoms with Gasteiger partial charge in [-0.2, -0.15) is 5.10 Å². The molecule has 4 rings (SSSR count). The maximum atomic E-state index is 13.0. The van der Waals surface area contributed by atoms with Crippen LogP contribution in [0.15, 0.2) is 77.9 Å². The van der Waals surface area contributed by atoms with Gasteiger partial charge >= 0.3 is 0 Å². The van der Waals surface area contributed by atoms with Gasteiger partial charge in [0.15, 0.2) is 0 Å². The molecule has 0 radical (unpaired) electrons. The minimum Gasteiger partial charge on any atom is -0.273 e. The Kier molecular flexibility index (Phi) is 5.38. The van der Waals surface area contributed by atoms with Crippen LogP contribution in [0.5, 0.6) is 0 Å². The molecule has 6 heteroatoms. The first-order valence-corrected chi connectivity index (χ1v) is 10.1. The van der Waals surface area contributed by atoms with Crippen LogP contribution in [0.3, 0.4) is 0 Å². The van der Waals surface area contributed by atoms with Gasteiger partial charge in [-0.3, -0.25) is 14.9 Å². The summed E-state index contributed by atoms with van der Waals surface area (Å²) in [5.41, 5.74) is 7.57. The number of nitrogens with one attached hydrogen (secondary N) is 1. The topological polar surface area (TPSA) is 84.6 Å². The van der Waals surface area contributed by atoms with Gasteiger partial charge in [0.2, 0.25) is 5.91 Å². The summed E-state index contributed by atoms with van der Waals surface area (Å²) >= 11 is 0. The molecule has 1 N–H and O–H groups in total. The molecule has 0 aliphatic heterocycles. The molecular weight excluding hydrogens is 390 g/mol. The third-order valence-electron chi connectivity index (χ3n) is 5.84. The summed E-state index contributed by atoms with van der Waals surface area (Å²) in [6.07, 6.45) is 2.21. The van der Waals surface area contributed by atoms with Crippen molar-refractivity contribution in [3.63, 3.8) is 0 Å². The number of nitrogens with zero attached hydrogens (tertiary/aromatic N) is 2. The Morgan fingerprint density at radius 3 is 2.13 bits per heavy atom. The molecule has 0 spiro atoms. The quantitative estimate of drug-likeness (QED) is 0.362. The molecule has 1 atom stereocenters. The first-order chi connectivity index (χ1) is 14.9. The van der Waals surface area contributed by atoms with Crippen LogP contribution < -0.4 is 5.43 Å². The van der Waals surface area contributed by atoms with Gasteiger partial charge in [-0.1, -0.05) is 59.7 Å². The van der Waals surface area contributed by atoms with E-state index in [1.54, 1.807) is 12.1 Å². The normalized spacial score (nSPS) is 16.8. The molecule has 156 valence electrons. The highest BCUT2D eigenvalue weighted by atomic mass is 16.6. The van der Waals surface area contributed by atoms with Crippen molar-refractivity contribution in [1.29, 1.82) is 0 Å². The van der Waals surface area contributed by atoms with E-state index in [2.05, 4.69) is 60.8 Å². The number of carbonyl (C=O) groups is 1. The van der Waals surface area contributed by atoms with E-state index in [4.69, 9.17) is 0 Å². The van der Waals surface area contributed by atoms with Crippen LogP contribution in [0, 0.1) is 29.9 Å². The fourth-order valence-corrected chi connectivity index (χ4v) is 4.16. The Morgan fingerprint density at radius 1 is 1.03 bits per heavy atom. The lowest BCUT2D eigenvalue weighted by atomic mass is 9.84. The number of non-ortho nitro benzene ring substituents is 1. The summed E-state index contributed by atoms with van der Waals surface area (Å²) < 4.78 is 0. The predicted molar refractivity (Wildman–Crippen MR) is 120 cm³/mol. The molecule has 1 unspecified atom stereocenters. The molecular formula is C25H23N3O3. The fourth-order valence-electron chi connectivity index (χ4n) is 4.16. The van der Waals surface area contributed by atoms with Crippen molar-refractivity contribution in [3.05, 3.63) is 111 Å². The zero-order valence-electron chi connectivity index (χ0n) is 17.4. The number of hydrazone groups is 1. The van der Waals surface area contributed by atoms with Crippen LogP contribution in [0.1, 0.15) is 34.2 Å². The number of amides is 1. The third-order valence-corrected chi connectivity index (χ3v) is 5.84. The standard InChI is InChI=1S/C25H23N3O3/c1-17-5-3-7-20(13-17)25(21-8-4-6-18(2)14-21)15-23(25)24(29)27-26-16-19-9-11-22(12-10-19)28(30)31/h3-14,16,23H,15H2,1-2H3,(H,27,29)/b26-16-. The van der Waals surface area contributed by atoms with E-state index in [0.717, 1.165) is 28.7 Å². The molecule has 31 heavy (non-hydrogen) atoms. The van der Waals surface area contributed by atoms with E-state index < -0.39 is 4.92 Å². The van der Waals surface area contributed by atoms with Crippen molar-refractivity contribution >= 4 is 17.8 Å². The van der Waals surface area contributed by atoms with Gasteiger partial charge < -0.3 is 0 Å². The summed E-state index contributed by atoms with van der Waals surface area (Å²) in [5.74, 6) is -0.355. The van der Waals surface area contributed by atoms with Gasteiger partial charge in [0.1, 0.15) is 0 Å². The zero-order chi connectivity index (χ0) is 22.0. The highest BCUT2D eigenvalue weighted by Gasteiger charge is 2.60. The van der Waals surface area contributed by atoms with Crippen molar-refractivity contribution in [1.82, 2.24) is 5.43 Å². The molecule has 1 amide bonds. The summed E-state index contributed by atoms with van der Waals surface area (Å²) in [4.78, 5) is 23.3. The fraction of sp³-hybridized carbons (Fsp3) is 0.200. The molecule has 3 aromatic rings. The minimum atomic E-state index is -0.452. The average Bonchev–Trinajstić information content (AvgIpc) is 3.51. The molecule has 0 bridgehead atoms. The average molecular weight is 413 g/mol. The van der Waals surface area contributed by atoms with Crippen molar-refractivity contribution in [2.75, 3.05) is 0 Å². The van der Waals surface area contributed by atoms with Crippen LogP contribution in [-0.2, 0) is 10.2 Å². The van der Waals surface area contributed by atoms with Crippen LogP contribution in [-0.4, -0.2) is 17.0 Å². The number of carbonyl (C=O) groups excluding carboxylic acids is 1. The summed E-state index contributed by atoms with van der Waals surface area (Å²) in [6, 6.07) is 22.6. The SMILES string of the molecule is Cc1cccc(C2(c3cccc(C)c3)CC2C(=O)N/N=C\c2ccc([N+](=O)[O-])cc2)c1. The molecule has 1 fully saturated rings. The van der Waals surface area contributed by atoms with E-state index in [-0.39, 0.29) is 22.9 Å². The lowest BCUT2D eigenvalue weighted by molar-refractivity contribution is -0.384. The maximum absolute atomic E-state index is 13.0. The van der Waals surface area contributed by atoms with E-state index in [1.807, 2.05) is 12.1 Å². The first-order valence-electron chi connectivity index (χ1n) is 10.1. The Balaban J connectivity index is 1.54. The van der Waals surface area contributed by atoms with Gasteiger partial charge in [0, 0.05) is 17.5 Å². The molecule has 0 saturated heterocycles. The second kappa shape index (κ2) is 8.14. The Bertz CT molecular complexity index is 1120. The lowest BCUT2D eigenvalue weighted by Gasteiger charge is -2.19. The van der Waals surface area contributed by atoms with Gasteiger partial charge in [0.25, 0.3) is 5.69 Å². The molecule has 6 nitrogen and oxygen atoms in total. The van der Waals surface area contributed by atoms with Crippen molar-refractivity contribution < 1.29 is 9.72 Å². The first kappa shape index (κ1) is 20.5. The number of benzene rings is 3. The van der Waals surface area contributed by atoms with E-state index >= 15 is 0 Å². The number of aryl methyl sites for hydroxylation is 2. The van der Waals surface area contributed by atoms with Crippen LogP contribution in [0.2, 0.25) is 0 Å². The monoisotopic (exact) mass is 413 g/mol. The molecule has 1 aliphatic rings. The Morgan fingerprint density at radius 2 is 1.61 bits per heavy atom. The number of hydrogen-bond acceptors (Lipinski definition) is 4. The molecule has 0 aromatic heterocycles. The molecule has 1 saturated carbocycles. The van der Waals surface area contributed by atoms with E-state index in [1.165, 1.54) is 18.3 Å². The van der Waals surface area contributed by atoms with Gasteiger partial charge in [-0.05, 0) is 49.1 Å². The van der Waals surface area contributed by atoms with Gasteiger partial charge in [-0.25, -0.2) is 5.43 Å². The highest BCUT2D eigenvalue weighted by molar-refractivity contribution is 5.87.